The number of hydrogen-bond donors (Lipinski definition) is 3. The second-order valence-corrected chi connectivity index (χ2v) is 8.50. The molecule has 0 aliphatic carbocycles. The van der Waals surface area contributed by atoms with Gasteiger partial charge in [0, 0.05) is 29.2 Å². The third-order valence-corrected chi connectivity index (χ3v) is 5.87. The van der Waals surface area contributed by atoms with Crippen LogP contribution < -0.4 is 16.4 Å². The topological polar surface area (TPSA) is 85.6 Å². The molecule has 1 amide bonds. The second-order valence-electron chi connectivity index (χ2n) is 7.40. The SMILES string of the molecule is CC1(CSCCOC(=O)Nc2ccc(NCc3ccc(F)cc3)cc2N)COC1. The van der Waals surface area contributed by atoms with Crippen molar-refractivity contribution in [2.45, 2.75) is 13.5 Å². The lowest BCUT2D eigenvalue weighted by atomic mass is 9.92. The number of anilines is 3. The molecule has 156 valence electrons. The molecule has 0 unspecified atom stereocenters. The first-order valence-electron chi connectivity index (χ1n) is 9.41. The molecule has 0 saturated carbocycles. The maximum Gasteiger partial charge on any atom is 0.411 e. The Kier molecular flexibility index (Phi) is 7.22. The van der Waals surface area contributed by atoms with E-state index < -0.39 is 6.09 Å². The summed E-state index contributed by atoms with van der Waals surface area (Å²) in [6.45, 7) is 4.67. The molecule has 6 nitrogen and oxygen atoms in total. The maximum absolute atomic E-state index is 12.9. The van der Waals surface area contributed by atoms with Crippen LogP contribution >= 0.6 is 11.8 Å². The Morgan fingerprint density at radius 1 is 1.28 bits per heavy atom. The standard InChI is InChI=1S/C21H26FN3O3S/c1-21(12-27-13-21)14-29-9-8-28-20(26)25-19-7-6-17(10-18(19)23)24-11-15-2-4-16(22)5-3-15/h2-7,10,24H,8-9,11-14,23H2,1H3,(H,25,26). The van der Waals surface area contributed by atoms with Crippen molar-refractivity contribution in [3.63, 3.8) is 0 Å². The Balaban J connectivity index is 1.38. The third kappa shape index (κ3) is 6.54. The third-order valence-electron chi connectivity index (χ3n) is 4.51. The Morgan fingerprint density at radius 3 is 2.69 bits per heavy atom. The van der Waals surface area contributed by atoms with Gasteiger partial charge < -0.3 is 20.5 Å². The minimum Gasteiger partial charge on any atom is -0.448 e. The van der Waals surface area contributed by atoms with Gasteiger partial charge in [0.25, 0.3) is 0 Å². The molecule has 1 fully saturated rings. The summed E-state index contributed by atoms with van der Waals surface area (Å²) in [7, 11) is 0. The van der Waals surface area contributed by atoms with Gasteiger partial charge in [-0.05, 0) is 35.9 Å². The molecular formula is C21H26FN3O3S. The van der Waals surface area contributed by atoms with Crippen LogP contribution in [0, 0.1) is 11.2 Å². The molecule has 0 aromatic heterocycles. The molecule has 0 bridgehead atoms. The molecule has 1 aliphatic heterocycles. The molecule has 2 aromatic carbocycles. The Hall–Kier alpha value is -2.45. The van der Waals surface area contributed by atoms with E-state index in [2.05, 4.69) is 17.6 Å². The van der Waals surface area contributed by atoms with Crippen molar-refractivity contribution in [2.75, 3.05) is 47.7 Å². The van der Waals surface area contributed by atoms with E-state index in [1.54, 1.807) is 36.0 Å². The van der Waals surface area contributed by atoms with Crippen LogP contribution in [0.4, 0.5) is 26.2 Å². The normalized spacial score (nSPS) is 14.7. The Morgan fingerprint density at radius 2 is 2.03 bits per heavy atom. The summed E-state index contributed by atoms with van der Waals surface area (Å²) in [4.78, 5) is 12.0. The maximum atomic E-state index is 12.9. The van der Waals surface area contributed by atoms with Gasteiger partial charge in [0.05, 0.1) is 24.6 Å². The van der Waals surface area contributed by atoms with Crippen molar-refractivity contribution in [3.8, 4) is 0 Å². The molecule has 29 heavy (non-hydrogen) atoms. The highest BCUT2D eigenvalue weighted by molar-refractivity contribution is 7.99. The first-order chi connectivity index (χ1) is 13.9. The van der Waals surface area contributed by atoms with Crippen LogP contribution in [0.5, 0.6) is 0 Å². The average Bonchev–Trinajstić information content (AvgIpc) is 2.68. The lowest BCUT2D eigenvalue weighted by Crippen LogP contribution is -2.41. The minimum atomic E-state index is -0.525. The number of amides is 1. The number of carbonyl (C=O) groups is 1. The zero-order valence-electron chi connectivity index (χ0n) is 16.4. The molecule has 1 aliphatic rings. The number of hydrogen-bond acceptors (Lipinski definition) is 6. The van der Waals surface area contributed by atoms with Crippen molar-refractivity contribution in [1.29, 1.82) is 0 Å². The summed E-state index contributed by atoms with van der Waals surface area (Å²) in [5.41, 5.74) is 8.96. The summed E-state index contributed by atoms with van der Waals surface area (Å²) in [5.74, 6) is 1.48. The number of nitrogens with two attached hydrogens (primary N) is 1. The van der Waals surface area contributed by atoms with Gasteiger partial charge >= 0.3 is 6.09 Å². The monoisotopic (exact) mass is 419 g/mol. The number of halogens is 1. The molecule has 1 saturated heterocycles. The highest BCUT2D eigenvalue weighted by Gasteiger charge is 2.32. The Labute approximate surface area is 174 Å². The average molecular weight is 420 g/mol. The van der Waals surface area contributed by atoms with Crippen LogP contribution in [-0.4, -0.2) is 37.4 Å². The molecule has 3 rings (SSSR count). The number of thioether (sulfide) groups is 1. The fraction of sp³-hybridized carbons (Fsp3) is 0.381. The number of ether oxygens (including phenoxy) is 2. The summed E-state index contributed by atoms with van der Waals surface area (Å²) in [6, 6.07) is 11.5. The van der Waals surface area contributed by atoms with E-state index in [0.717, 1.165) is 36.0 Å². The van der Waals surface area contributed by atoms with Crippen LogP contribution in [0.2, 0.25) is 0 Å². The van der Waals surface area contributed by atoms with E-state index in [1.165, 1.54) is 12.1 Å². The number of carbonyl (C=O) groups excluding carboxylic acids is 1. The summed E-state index contributed by atoms with van der Waals surface area (Å²) in [6.07, 6.45) is -0.525. The van der Waals surface area contributed by atoms with Gasteiger partial charge in [0.15, 0.2) is 0 Å². The van der Waals surface area contributed by atoms with Gasteiger partial charge in [-0.2, -0.15) is 11.8 Å². The zero-order chi connectivity index (χ0) is 20.7. The molecule has 2 aromatic rings. The highest BCUT2D eigenvalue weighted by atomic mass is 32.2. The van der Waals surface area contributed by atoms with E-state index >= 15 is 0 Å². The highest BCUT2D eigenvalue weighted by Crippen LogP contribution is 2.30. The van der Waals surface area contributed by atoms with Crippen molar-refractivity contribution in [1.82, 2.24) is 0 Å². The number of nitrogens with one attached hydrogen (secondary N) is 2. The second kappa shape index (κ2) is 9.84. The minimum absolute atomic E-state index is 0.258. The fourth-order valence-electron chi connectivity index (χ4n) is 2.78. The van der Waals surface area contributed by atoms with E-state index in [9.17, 15) is 9.18 Å². The first-order valence-corrected chi connectivity index (χ1v) is 10.6. The predicted octanol–water partition coefficient (Wildman–Crippen LogP) is 4.34. The molecule has 4 N–H and O–H groups in total. The number of rotatable bonds is 9. The van der Waals surface area contributed by atoms with Crippen LogP contribution in [0.15, 0.2) is 42.5 Å². The molecule has 0 spiro atoms. The predicted molar refractivity (Wildman–Crippen MR) is 116 cm³/mol. The molecular weight excluding hydrogens is 393 g/mol. The molecule has 1 heterocycles. The van der Waals surface area contributed by atoms with E-state index in [-0.39, 0.29) is 11.2 Å². The summed E-state index contributed by atoms with van der Waals surface area (Å²) in [5, 5.41) is 5.88. The number of benzene rings is 2. The largest absolute Gasteiger partial charge is 0.448 e. The van der Waals surface area contributed by atoms with Crippen LogP contribution in [0.3, 0.4) is 0 Å². The lowest BCUT2D eigenvalue weighted by Gasteiger charge is -2.37. The number of nitrogen functional groups attached to an aromatic ring is 1. The molecule has 0 radical (unpaired) electrons. The van der Waals surface area contributed by atoms with Crippen molar-refractivity contribution in [2.24, 2.45) is 5.41 Å². The quantitative estimate of drug-likeness (QED) is 0.414. The summed E-state index contributed by atoms with van der Waals surface area (Å²) < 4.78 is 23.4. The van der Waals surface area contributed by atoms with Crippen LogP contribution in [0.1, 0.15) is 12.5 Å². The van der Waals surface area contributed by atoms with Gasteiger partial charge in [-0.1, -0.05) is 19.1 Å². The van der Waals surface area contributed by atoms with E-state index in [4.69, 9.17) is 15.2 Å². The molecule has 0 atom stereocenters. The smallest absolute Gasteiger partial charge is 0.411 e. The first kappa shape index (κ1) is 21.3. The van der Waals surface area contributed by atoms with Gasteiger partial charge in [-0.15, -0.1) is 0 Å². The Bertz CT molecular complexity index is 828. The summed E-state index contributed by atoms with van der Waals surface area (Å²) >= 11 is 1.76. The van der Waals surface area contributed by atoms with Gasteiger partial charge in [0.2, 0.25) is 0 Å². The van der Waals surface area contributed by atoms with Gasteiger partial charge in [-0.25, -0.2) is 9.18 Å². The van der Waals surface area contributed by atoms with E-state index in [1.807, 2.05) is 6.07 Å². The molecule has 8 heteroatoms. The van der Waals surface area contributed by atoms with Crippen molar-refractivity contribution in [3.05, 3.63) is 53.8 Å². The van der Waals surface area contributed by atoms with Crippen molar-refractivity contribution < 1.29 is 18.7 Å². The van der Waals surface area contributed by atoms with Crippen LogP contribution in [-0.2, 0) is 16.0 Å². The van der Waals surface area contributed by atoms with Gasteiger partial charge in [0.1, 0.15) is 12.4 Å². The van der Waals surface area contributed by atoms with Crippen LogP contribution in [0.25, 0.3) is 0 Å². The lowest BCUT2D eigenvalue weighted by molar-refractivity contribution is -0.0861. The fourth-order valence-corrected chi connectivity index (χ4v) is 3.79. The van der Waals surface area contributed by atoms with Gasteiger partial charge in [-0.3, -0.25) is 5.32 Å². The van der Waals surface area contributed by atoms with E-state index in [0.29, 0.717) is 24.5 Å². The van der Waals surface area contributed by atoms with Crippen molar-refractivity contribution >= 4 is 34.9 Å². The zero-order valence-corrected chi connectivity index (χ0v) is 17.2.